The van der Waals surface area contributed by atoms with Crippen LogP contribution in [0.2, 0.25) is 0 Å². The second-order valence-corrected chi connectivity index (χ2v) is 6.82. The smallest absolute Gasteiger partial charge is 0.321 e. The summed E-state index contributed by atoms with van der Waals surface area (Å²) in [6, 6.07) is 10.1. The summed E-state index contributed by atoms with van der Waals surface area (Å²) in [5.74, 6) is 0. The van der Waals surface area contributed by atoms with Gasteiger partial charge in [0.2, 0.25) is 0 Å². The Morgan fingerprint density at radius 1 is 1.29 bits per heavy atom. The molecule has 1 aromatic carbocycles. The van der Waals surface area contributed by atoms with Crippen molar-refractivity contribution in [2.75, 3.05) is 31.6 Å². The van der Waals surface area contributed by atoms with Crippen LogP contribution >= 0.6 is 0 Å². The molecule has 126 valence electrons. The number of aromatic nitrogens is 2. The van der Waals surface area contributed by atoms with Crippen molar-refractivity contribution in [2.45, 2.75) is 19.4 Å². The molecule has 2 aliphatic rings. The SMILES string of the molecule is O=C(Nc1cnn(Cc2ccccc2)c1)N1CCC2(CCOC2)C1. The zero-order chi connectivity index (χ0) is 16.4. The molecular weight excluding hydrogens is 304 g/mol. The minimum absolute atomic E-state index is 0.0435. The van der Waals surface area contributed by atoms with Gasteiger partial charge in [-0.25, -0.2) is 4.79 Å². The van der Waals surface area contributed by atoms with Crippen LogP contribution in [-0.4, -0.2) is 47.0 Å². The molecule has 2 aromatic rings. The molecule has 1 unspecified atom stereocenters. The number of nitrogens with zero attached hydrogens (tertiary/aromatic N) is 3. The molecule has 24 heavy (non-hydrogen) atoms. The minimum Gasteiger partial charge on any atom is -0.381 e. The molecule has 1 atom stereocenters. The summed E-state index contributed by atoms with van der Waals surface area (Å²) in [5, 5.41) is 7.28. The third-order valence-electron chi connectivity index (χ3n) is 4.98. The molecule has 1 spiro atoms. The highest BCUT2D eigenvalue weighted by Gasteiger charge is 2.42. The first-order valence-corrected chi connectivity index (χ1v) is 8.43. The van der Waals surface area contributed by atoms with E-state index in [-0.39, 0.29) is 11.4 Å². The first-order chi connectivity index (χ1) is 11.7. The van der Waals surface area contributed by atoms with Gasteiger partial charge >= 0.3 is 6.03 Å². The molecule has 0 saturated carbocycles. The lowest BCUT2D eigenvalue weighted by atomic mass is 9.87. The number of benzene rings is 1. The number of carbonyl (C=O) groups is 1. The normalized spacial score (nSPS) is 23.1. The molecule has 0 bridgehead atoms. The number of hydrogen-bond donors (Lipinski definition) is 1. The van der Waals surface area contributed by atoms with Crippen molar-refractivity contribution < 1.29 is 9.53 Å². The van der Waals surface area contributed by atoms with Gasteiger partial charge in [0.15, 0.2) is 0 Å². The minimum atomic E-state index is -0.0435. The molecule has 2 fully saturated rings. The maximum absolute atomic E-state index is 12.5. The van der Waals surface area contributed by atoms with E-state index in [4.69, 9.17) is 4.74 Å². The van der Waals surface area contributed by atoms with Crippen molar-refractivity contribution in [1.82, 2.24) is 14.7 Å². The first kappa shape index (κ1) is 15.2. The van der Waals surface area contributed by atoms with E-state index >= 15 is 0 Å². The molecule has 0 aliphatic carbocycles. The Balaban J connectivity index is 1.35. The zero-order valence-electron chi connectivity index (χ0n) is 13.6. The highest BCUT2D eigenvalue weighted by atomic mass is 16.5. The second-order valence-electron chi connectivity index (χ2n) is 6.82. The molecule has 0 radical (unpaired) electrons. The van der Waals surface area contributed by atoms with Crippen LogP contribution in [0.15, 0.2) is 42.7 Å². The third kappa shape index (κ3) is 3.14. The van der Waals surface area contributed by atoms with Crippen molar-refractivity contribution in [2.24, 2.45) is 5.41 Å². The maximum Gasteiger partial charge on any atom is 0.321 e. The number of urea groups is 1. The summed E-state index contributed by atoms with van der Waals surface area (Å²) in [6.45, 7) is 3.89. The lowest BCUT2D eigenvalue weighted by Crippen LogP contribution is -2.35. The van der Waals surface area contributed by atoms with E-state index < -0.39 is 0 Å². The monoisotopic (exact) mass is 326 g/mol. The van der Waals surface area contributed by atoms with E-state index in [0.29, 0.717) is 6.54 Å². The van der Waals surface area contributed by atoms with Gasteiger partial charge in [-0.1, -0.05) is 30.3 Å². The topological polar surface area (TPSA) is 59.4 Å². The highest BCUT2D eigenvalue weighted by Crippen LogP contribution is 2.38. The van der Waals surface area contributed by atoms with Gasteiger partial charge in [0, 0.05) is 31.3 Å². The Morgan fingerprint density at radius 3 is 2.96 bits per heavy atom. The van der Waals surface area contributed by atoms with Gasteiger partial charge in [-0.05, 0) is 18.4 Å². The lowest BCUT2D eigenvalue weighted by molar-refractivity contribution is 0.154. The number of nitrogens with one attached hydrogen (secondary N) is 1. The molecule has 2 saturated heterocycles. The number of hydrogen-bond acceptors (Lipinski definition) is 3. The summed E-state index contributed by atoms with van der Waals surface area (Å²) in [4.78, 5) is 14.4. The maximum atomic E-state index is 12.5. The number of anilines is 1. The molecule has 6 heteroatoms. The fraction of sp³-hybridized carbons (Fsp3) is 0.444. The average Bonchev–Trinajstić information content (AvgIpc) is 3.32. The molecule has 4 rings (SSSR count). The van der Waals surface area contributed by atoms with Gasteiger partial charge in [0.05, 0.1) is 25.0 Å². The standard InChI is InChI=1S/C18H22N4O2/c23-17(21-8-6-18(13-21)7-9-24-14-18)20-16-10-19-22(12-16)11-15-4-2-1-3-5-15/h1-5,10,12H,6-9,11,13-14H2,(H,20,23). The quantitative estimate of drug-likeness (QED) is 0.943. The van der Waals surface area contributed by atoms with Crippen molar-refractivity contribution in [3.8, 4) is 0 Å². The average molecular weight is 326 g/mol. The Morgan fingerprint density at radius 2 is 2.17 bits per heavy atom. The summed E-state index contributed by atoms with van der Waals surface area (Å²) >= 11 is 0. The second kappa shape index (κ2) is 6.28. The summed E-state index contributed by atoms with van der Waals surface area (Å²) in [6.07, 6.45) is 5.67. The van der Waals surface area contributed by atoms with Gasteiger partial charge < -0.3 is 15.0 Å². The van der Waals surface area contributed by atoms with Crippen molar-refractivity contribution in [3.05, 3.63) is 48.3 Å². The summed E-state index contributed by atoms with van der Waals surface area (Å²) < 4.78 is 7.35. The Kier molecular flexibility index (Phi) is 3.98. The van der Waals surface area contributed by atoms with E-state index in [2.05, 4.69) is 22.5 Å². The predicted octanol–water partition coefficient (Wildman–Crippen LogP) is 2.58. The van der Waals surface area contributed by atoms with Crippen molar-refractivity contribution >= 4 is 11.7 Å². The van der Waals surface area contributed by atoms with Crippen LogP contribution in [0.3, 0.4) is 0 Å². The van der Waals surface area contributed by atoms with Gasteiger partial charge in [0.25, 0.3) is 0 Å². The Hall–Kier alpha value is -2.34. The molecule has 2 aliphatic heterocycles. The van der Waals surface area contributed by atoms with Gasteiger partial charge in [0.1, 0.15) is 0 Å². The Bertz CT molecular complexity index is 707. The summed E-state index contributed by atoms with van der Waals surface area (Å²) in [7, 11) is 0. The highest BCUT2D eigenvalue weighted by molar-refractivity contribution is 5.89. The first-order valence-electron chi connectivity index (χ1n) is 8.43. The van der Waals surface area contributed by atoms with E-state index in [9.17, 15) is 4.79 Å². The van der Waals surface area contributed by atoms with Crippen LogP contribution in [0.5, 0.6) is 0 Å². The van der Waals surface area contributed by atoms with Crippen LogP contribution in [-0.2, 0) is 11.3 Å². The molecule has 2 amide bonds. The molecule has 1 aromatic heterocycles. The van der Waals surface area contributed by atoms with Crippen LogP contribution in [0.1, 0.15) is 18.4 Å². The van der Waals surface area contributed by atoms with E-state index in [1.165, 1.54) is 5.56 Å². The van der Waals surface area contributed by atoms with Gasteiger partial charge in [-0.2, -0.15) is 5.10 Å². The predicted molar refractivity (Wildman–Crippen MR) is 90.8 cm³/mol. The van der Waals surface area contributed by atoms with Gasteiger partial charge in [-0.3, -0.25) is 4.68 Å². The number of amides is 2. The van der Waals surface area contributed by atoms with E-state index in [0.717, 1.165) is 44.8 Å². The number of ether oxygens (including phenoxy) is 1. The fourth-order valence-electron chi connectivity index (χ4n) is 3.57. The fourth-order valence-corrected chi connectivity index (χ4v) is 3.57. The van der Waals surface area contributed by atoms with Gasteiger partial charge in [-0.15, -0.1) is 0 Å². The van der Waals surface area contributed by atoms with Crippen LogP contribution in [0.25, 0.3) is 0 Å². The van der Waals surface area contributed by atoms with Crippen LogP contribution in [0.4, 0.5) is 10.5 Å². The largest absolute Gasteiger partial charge is 0.381 e. The lowest BCUT2D eigenvalue weighted by Gasteiger charge is -2.21. The summed E-state index contributed by atoms with van der Waals surface area (Å²) in [5.41, 5.74) is 2.11. The van der Waals surface area contributed by atoms with E-state index in [1.807, 2.05) is 34.0 Å². The Labute approximate surface area is 141 Å². The zero-order valence-corrected chi connectivity index (χ0v) is 13.6. The number of rotatable bonds is 3. The molecular formula is C18H22N4O2. The van der Waals surface area contributed by atoms with Crippen LogP contribution in [0, 0.1) is 5.41 Å². The third-order valence-corrected chi connectivity index (χ3v) is 4.98. The van der Waals surface area contributed by atoms with Crippen molar-refractivity contribution in [1.29, 1.82) is 0 Å². The molecule has 3 heterocycles. The number of likely N-dealkylation sites (tertiary alicyclic amines) is 1. The number of carbonyl (C=O) groups excluding carboxylic acids is 1. The van der Waals surface area contributed by atoms with Crippen molar-refractivity contribution in [3.63, 3.8) is 0 Å². The molecule has 1 N–H and O–H groups in total. The van der Waals surface area contributed by atoms with E-state index in [1.54, 1.807) is 6.20 Å². The van der Waals surface area contributed by atoms with Crippen LogP contribution < -0.4 is 5.32 Å². The molecule has 6 nitrogen and oxygen atoms in total.